The molecule has 0 aliphatic rings. The minimum Gasteiger partial charge on any atom is -0.279 e. The first-order valence-corrected chi connectivity index (χ1v) is 8.69. The number of hydrogen-bond donors (Lipinski definition) is 2. The molecule has 0 spiro atoms. The molecule has 0 aliphatic heterocycles. The van der Waals surface area contributed by atoms with E-state index in [0.717, 1.165) is 6.07 Å². The Hall–Kier alpha value is -4.60. The van der Waals surface area contributed by atoms with Gasteiger partial charge in [-0.1, -0.05) is 36.4 Å². The first-order valence-electron chi connectivity index (χ1n) is 8.69. The molecule has 0 aliphatic carbocycles. The molecule has 0 unspecified atom stereocenters. The summed E-state index contributed by atoms with van der Waals surface area (Å²) in [4.78, 5) is 21.4. The Kier molecular flexibility index (Phi) is 6.41. The molecule has 0 fully saturated rings. The van der Waals surface area contributed by atoms with Crippen LogP contribution in [-0.4, -0.2) is 22.3 Å². The number of hydrogen-bond acceptors (Lipinski definition) is 8. The van der Waals surface area contributed by atoms with Gasteiger partial charge in [-0.2, -0.15) is 10.2 Å². The van der Waals surface area contributed by atoms with Crippen LogP contribution in [0.1, 0.15) is 11.1 Å². The van der Waals surface area contributed by atoms with Crippen molar-refractivity contribution in [2.75, 3.05) is 10.9 Å². The summed E-state index contributed by atoms with van der Waals surface area (Å²) >= 11 is 0. The molecule has 3 aromatic carbocycles. The Morgan fingerprint density at radius 3 is 1.43 bits per heavy atom. The highest BCUT2D eigenvalue weighted by Crippen LogP contribution is 2.27. The Bertz CT molecular complexity index is 1020. The lowest BCUT2D eigenvalue weighted by molar-refractivity contribution is -0.394. The zero-order valence-corrected chi connectivity index (χ0v) is 15.5. The maximum Gasteiger partial charge on any atom is 0.285 e. The lowest BCUT2D eigenvalue weighted by Gasteiger charge is -2.03. The monoisotopic (exact) mass is 404 g/mol. The third kappa shape index (κ3) is 5.23. The lowest BCUT2D eigenvalue weighted by atomic mass is 10.1. The van der Waals surface area contributed by atoms with E-state index in [9.17, 15) is 20.2 Å². The largest absolute Gasteiger partial charge is 0.285 e. The van der Waals surface area contributed by atoms with Crippen molar-refractivity contribution < 1.29 is 9.85 Å². The van der Waals surface area contributed by atoms with Crippen molar-refractivity contribution in [3.63, 3.8) is 0 Å². The standard InChI is InChI=1S/C20H16N6O4/c27-25(28)19-12-20(26(29)30)16(14-22-24-18-9-5-2-6-10-18)11-15(19)13-21-23-17-7-3-1-4-8-17/h1-14,23-24H/b21-13-,22-14?. The van der Waals surface area contributed by atoms with E-state index in [-0.39, 0.29) is 11.1 Å². The number of rotatable bonds is 8. The number of nitro benzene ring substituents is 2. The van der Waals surface area contributed by atoms with Gasteiger partial charge in [0.25, 0.3) is 11.4 Å². The first kappa shape index (κ1) is 20.1. The topological polar surface area (TPSA) is 135 Å². The molecule has 0 bridgehead atoms. The molecule has 0 heterocycles. The fourth-order valence-corrected chi connectivity index (χ4v) is 2.51. The van der Waals surface area contributed by atoms with Crippen LogP contribution in [0.5, 0.6) is 0 Å². The summed E-state index contributed by atoms with van der Waals surface area (Å²) in [5.74, 6) is 0. The molecule has 0 aromatic heterocycles. The van der Waals surface area contributed by atoms with E-state index in [1.807, 2.05) is 12.1 Å². The molecular weight excluding hydrogens is 388 g/mol. The molecule has 0 radical (unpaired) electrons. The average Bonchev–Trinajstić information content (AvgIpc) is 2.75. The summed E-state index contributed by atoms with van der Waals surface area (Å²) in [6.45, 7) is 0. The minimum atomic E-state index is -0.694. The van der Waals surface area contributed by atoms with Crippen LogP contribution in [0.2, 0.25) is 0 Å². The van der Waals surface area contributed by atoms with E-state index in [1.54, 1.807) is 48.5 Å². The van der Waals surface area contributed by atoms with Crippen LogP contribution in [0.15, 0.2) is 83.0 Å². The maximum atomic E-state index is 11.4. The Balaban J connectivity index is 1.91. The van der Waals surface area contributed by atoms with Crippen molar-refractivity contribution in [2.45, 2.75) is 0 Å². The third-order valence-corrected chi connectivity index (χ3v) is 3.91. The van der Waals surface area contributed by atoms with Crippen LogP contribution < -0.4 is 10.9 Å². The highest BCUT2D eigenvalue weighted by atomic mass is 16.6. The molecule has 0 saturated heterocycles. The molecular formula is C20H16N6O4. The summed E-state index contributed by atoms with van der Waals surface area (Å²) in [5.41, 5.74) is 6.18. The summed E-state index contributed by atoms with van der Waals surface area (Å²) < 4.78 is 0. The first-order chi connectivity index (χ1) is 14.5. The summed E-state index contributed by atoms with van der Waals surface area (Å²) in [6.07, 6.45) is 2.47. The van der Waals surface area contributed by atoms with Gasteiger partial charge in [-0.3, -0.25) is 31.1 Å². The Morgan fingerprint density at radius 1 is 0.667 bits per heavy atom. The van der Waals surface area contributed by atoms with Crippen LogP contribution in [0.3, 0.4) is 0 Å². The van der Waals surface area contributed by atoms with Gasteiger partial charge in [-0.05, 0) is 30.3 Å². The summed E-state index contributed by atoms with van der Waals surface area (Å²) in [5, 5.41) is 30.8. The number of nitrogens with zero attached hydrogens (tertiary/aromatic N) is 4. The number of para-hydroxylation sites is 2. The zero-order chi connectivity index (χ0) is 21.3. The number of benzene rings is 3. The Labute approximate surface area is 170 Å². The van der Waals surface area contributed by atoms with Crippen LogP contribution in [-0.2, 0) is 0 Å². The maximum absolute atomic E-state index is 11.4. The van der Waals surface area contributed by atoms with Crippen LogP contribution >= 0.6 is 0 Å². The smallest absolute Gasteiger partial charge is 0.279 e. The van der Waals surface area contributed by atoms with E-state index in [2.05, 4.69) is 21.1 Å². The van der Waals surface area contributed by atoms with Crippen LogP contribution in [0, 0.1) is 20.2 Å². The van der Waals surface area contributed by atoms with Crippen molar-refractivity contribution in [1.82, 2.24) is 0 Å². The van der Waals surface area contributed by atoms with Crippen LogP contribution in [0.25, 0.3) is 0 Å². The van der Waals surface area contributed by atoms with Crippen molar-refractivity contribution in [2.24, 2.45) is 10.2 Å². The fourth-order valence-electron chi connectivity index (χ4n) is 2.51. The van der Waals surface area contributed by atoms with E-state index in [0.29, 0.717) is 11.4 Å². The molecule has 0 saturated carbocycles. The molecule has 30 heavy (non-hydrogen) atoms. The van der Waals surface area contributed by atoms with Crippen LogP contribution in [0.4, 0.5) is 22.7 Å². The molecule has 150 valence electrons. The highest BCUT2D eigenvalue weighted by molar-refractivity contribution is 5.94. The van der Waals surface area contributed by atoms with Gasteiger partial charge in [0.2, 0.25) is 0 Å². The second-order valence-corrected chi connectivity index (χ2v) is 5.96. The zero-order valence-electron chi connectivity index (χ0n) is 15.5. The quantitative estimate of drug-likeness (QED) is 0.325. The van der Waals surface area contributed by atoms with Gasteiger partial charge >= 0.3 is 0 Å². The van der Waals surface area contributed by atoms with Gasteiger partial charge < -0.3 is 0 Å². The average molecular weight is 404 g/mol. The molecule has 0 amide bonds. The van der Waals surface area contributed by atoms with Gasteiger partial charge in [0.15, 0.2) is 0 Å². The number of anilines is 2. The number of nitrogens with one attached hydrogen (secondary N) is 2. The highest BCUT2D eigenvalue weighted by Gasteiger charge is 2.23. The van der Waals surface area contributed by atoms with Crippen molar-refractivity contribution in [3.8, 4) is 0 Å². The summed E-state index contributed by atoms with van der Waals surface area (Å²) in [6, 6.07) is 20.2. The second-order valence-electron chi connectivity index (χ2n) is 5.96. The molecule has 10 heteroatoms. The van der Waals surface area contributed by atoms with E-state index < -0.39 is 21.2 Å². The predicted octanol–water partition coefficient (Wildman–Crippen LogP) is 4.40. The normalized spacial score (nSPS) is 10.9. The number of nitro groups is 2. The molecule has 0 atom stereocenters. The van der Waals surface area contributed by atoms with Gasteiger partial charge in [0.05, 0.1) is 50.8 Å². The Morgan fingerprint density at radius 2 is 1.07 bits per heavy atom. The molecule has 3 rings (SSSR count). The van der Waals surface area contributed by atoms with Crippen molar-refractivity contribution in [1.29, 1.82) is 0 Å². The van der Waals surface area contributed by atoms with Gasteiger partial charge in [-0.25, -0.2) is 0 Å². The van der Waals surface area contributed by atoms with Crippen molar-refractivity contribution >= 4 is 35.2 Å². The van der Waals surface area contributed by atoms with Crippen molar-refractivity contribution in [3.05, 3.63) is 104 Å². The third-order valence-electron chi connectivity index (χ3n) is 3.91. The second kappa shape index (κ2) is 9.55. The SMILES string of the molecule is O=[N+]([O-])c1cc([N+](=O)[O-])c(/C=N\Nc2ccccc2)cc1C=NNc1ccccc1. The molecule has 3 aromatic rings. The predicted molar refractivity (Wildman–Crippen MR) is 115 cm³/mol. The summed E-state index contributed by atoms with van der Waals surface area (Å²) in [7, 11) is 0. The lowest BCUT2D eigenvalue weighted by Crippen LogP contribution is -2.03. The van der Waals surface area contributed by atoms with E-state index in [1.165, 1.54) is 18.5 Å². The van der Waals surface area contributed by atoms with Gasteiger partial charge in [0, 0.05) is 0 Å². The van der Waals surface area contributed by atoms with E-state index >= 15 is 0 Å². The molecule has 10 nitrogen and oxygen atoms in total. The number of hydrazone groups is 2. The molecule has 2 N–H and O–H groups in total. The van der Waals surface area contributed by atoms with E-state index in [4.69, 9.17) is 0 Å². The fraction of sp³-hybridized carbons (Fsp3) is 0. The minimum absolute atomic E-state index is 0.0928. The van der Waals surface area contributed by atoms with Gasteiger partial charge in [-0.15, -0.1) is 0 Å². The van der Waals surface area contributed by atoms with Gasteiger partial charge in [0.1, 0.15) is 0 Å².